The average molecular weight is 459 g/mol. The van der Waals surface area contributed by atoms with Gasteiger partial charge in [0.15, 0.2) is 0 Å². The van der Waals surface area contributed by atoms with Crippen molar-refractivity contribution < 1.29 is 23.8 Å². The van der Waals surface area contributed by atoms with Crippen molar-refractivity contribution in [2.24, 2.45) is 5.92 Å². The molecule has 0 aliphatic heterocycles. The smallest absolute Gasteiger partial charge is 0.339 e. The lowest BCUT2D eigenvalue weighted by molar-refractivity contribution is -0.139. The largest absolute Gasteiger partial charge is 0.497 e. The Bertz CT molecular complexity index is 1200. The molecule has 5 heteroatoms. The topological polar surface area (TPSA) is 61.8 Å². The van der Waals surface area contributed by atoms with Gasteiger partial charge < -0.3 is 14.2 Å². The minimum Gasteiger partial charge on any atom is -0.497 e. The fourth-order valence-corrected chi connectivity index (χ4v) is 3.84. The van der Waals surface area contributed by atoms with Crippen LogP contribution in [0.15, 0.2) is 99.7 Å². The number of esters is 2. The fraction of sp³-hybridized carbons (Fsp3) is 0.241. The maximum absolute atomic E-state index is 13.0. The van der Waals surface area contributed by atoms with Crippen molar-refractivity contribution in [2.75, 3.05) is 21.3 Å². The van der Waals surface area contributed by atoms with Crippen LogP contribution in [0.4, 0.5) is 0 Å². The molecule has 34 heavy (non-hydrogen) atoms. The molecule has 0 N–H and O–H groups in total. The standard InChI is InChI=1S/C29H30O5/c1-18(2)22-11-7-19(3)26-25(17-22)21(12-8-20-9-14-23(32-4)15-10-20)13-16-24(28(30)33-5)27(26)29(31)34-6/h7-18H,1-6H3/b12-8+. The first-order valence-electron chi connectivity index (χ1n) is 11.1. The Morgan fingerprint density at radius 1 is 0.853 bits per heavy atom. The van der Waals surface area contributed by atoms with E-state index in [1.807, 2.05) is 55.5 Å². The maximum atomic E-state index is 13.0. The van der Waals surface area contributed by atoms with Crippen molar-refractivity contribution in [3.8, 4) is 5.75 Å². The molecule has 0 saturated heterocycles. The van der Waals surface area contributed by atoms with E-state index in [4.69, 9.17) is 14.2 Å². The van der Waals surface area contributed by atoms with E-state index in [1.165, 1.54) is 14.2 Å². The van der Waals surface area contributed by atoms with Gasteiger partial charge in [0, 0.05) is 5.57 Å². The summed E-state index contributed by atoms with van der Waals surface area (Å²) >= 11 is 0. The highest BCUT2D eigenvalue weighted by Crippen LogP contribution is 2.39. The van der Waals surface area contributed by atoms with E-state index in [0.29, 0.717) is 5.57 Å². The molecule has 0 heterocycles. The SMILES string of the molecule is COC(=O)C1=CC=C(/C=C/c2ccc(OC)cc2)C2=CC(C(C)C)=CC=C(C)C2=C1C(=O)OC. The summed E-state index contributed by atoms with van der Waals surface area (Å²) in [7, 11) is 4.24. The molecule has 1 aromatic rings. The average Bonchev–Trinajstić information content (AvgIpc) is 3.11. The van der Waals surface area contributed by atoms with Crippen molar-refractivity contribution in [3.63, 3.8) is 0 Å². The second kappa shape index (κ2) is 10.8. The summed E-state index contributed by atoms with van der Waals surface area (Å²) in [6.07, 6.45) is 13.5. The van der Waals surface area contributed by atoms with Crippen LogP contribution in [-0.4, -0.2) is 33.3 Å². The molecule has 2 aliphatic rings. The van der Waals surface area contributed by atoms with Crippen LogP contribution in [0.5, 0.6) is 5.75 Å². The lowest BCUT2D eigenvalue weighted by Crippen LogP contribution is -2.17. The van der Waals surface area contributed by atoms with Crippen LogP contribution in [-0.2, 0) is 19.1 Å². The van der Waals surface area contributed by atoms with Crippen LogP contribution in [0.25, 0.3) is 6.08 Å². The van der Waals surface area contributed by atoms with E-state index in [0.717, 1.165) is 33.6 Å². The third-order valence-corrected chi connectivity index (χ3v) is 5.79. The minimum atomic E-state index is -0.599. The molecule has 0 radical (unpaired) electrons. The first kappa shape index (κ1) is 24.8. The summed E-state index contributed by atoms with van der Waals surface area (Å²) in [6, 6.07) is 7.72. The molecule has 176 valence electrons. The molecule has 0 bridgehead atoms. The fourth-order valence-electron chi connectivity index (χ4n) is 3.84. The lowest BCUT2D eigenvalue weighted by Gasteiger charge is -2.18. The van der Waals surface area contributed by atoms with Crippen molar-refractivity contribution in [1.29, 1.82) is 0 Å². The van der Waals surface area contributed by atoms with Crippen molar-refractivity contribution in [1.82, 2.24) is 0 Å². The second-order valence-corrected chi connectivity index (χ2v) is 8.27. The van der Waals surface area contributed by atoms with Crippen LogP contribution in [0.1, 0.15) is 26.3 Å². The van der Waals surface area contributed by atoms with Gasteiger partial charge in [0.1, 0.15) is 5.75 Å². The molecular weight excluding hydrogens is 428 g/mol. The highest BCUT2D eigenvalue weighted by Gasteiger charge is 2.31. The number of hydrogen-bond donors (Lipinski definition) is 0. The monoisotopic (exact) mass is 458 g/mol. The maximum Gasteiger partial charge on any atom is 0.339 e. The molecule has 5 nitrogen and oxygen atoms in total. The Morgan fingerprint density at radius 2 is 1.53 bits per heavy atom. The first-order chi connectivity index (χ1) is 16.3. The number of benzene rings is 1. The number of methoxy groups -OCH3 is 3. The summed E-state index contributed by atoms with van der Waals surface area (Å²) < 4.78 is 15.3. The zero-order valence-electron chi connectivity index (χ0n) is 20.5. The van der Waals surface area contributed by atoms with Gasteiger partial charge in [-0.1, -0.05) is 62.4 Å². The molecule has 1 aromatic carbocycles. The van der Waals surface area contributed by atoms with Crippen LogP contribution >= 0.6 is 0 Å². The number of ether oxygens (including phenoxy) is 3. The van der Waals surface area contributed by atoms with Crippen molar-refractivity contribution in [2.45, 2.75) is 20.8 Å². The van der Waals surface area contributed by atoms with Gasteiger partial charge in [0.2, 0.25) is 0 Å². The highest BCUT2D eigenvalue weighted by molar-refractivity contribution is 6.09. The Morgan fingerprint density at radius 3 is 2.12 bits per heavy atom. The van der Waals surface area contributed by atoms with Gasteiger partial charge >= 0.3 is 11.9 Å². The Hall–Kier alpha value is -3.86. The number of allylic oxidation sites excluding steroid dienone is 11. The number of rotatable bonds is 6. The molecular formula is C29H30O5. The highest BCUT2D eigenvalue weighted by atomic mass is 16.5. The molecule has 0 unspecified atom stereocenters. The molecule has 0 amide bonds. The van der Waals surface area contributed by atoms with Gasteiger partial charge in [-0.2, -0.15) is 0 Å². The normalized spacial score (nSPS) is 15.9. The molecule has 0 fully saturated rings. The third kappa shape index (κ3) is 5.20. The first-order valence-corrected chi connectivity index (χ1v) is 11.1. The number of carbonyl (C=O) groups is 2. The predicted octanol–water partition coefficient (Wildman–Crippen LogP) is 5.69. The van der Waals surface area contributed by atoms with Crippen molar-refractivity contribution in [3.05, 3.63) is 105 Å². The zero-order valence-corrected chi connectivity index (χ0v) is 20.5. The van der Waals surface area contributed by atoms with E-state index in [1.54, 1.807) is 13.2 Å². The van der Waals surface area contributed by atoms with E-state index in [2.05, 4.69) is 26.0 Å². The van der Waals surface area contributed by atoms with Crippen LogP contribution in [0.2, 0.25) is 0 Å². The van der Waals surface area contributed by atoms with Crippen LogP contribution in [0, 0.1) is 5.92 Å². The van der Waals surface area contributed by atoms with Crippen LogP contribution < -0.4 is 4.74 Å². The quantitative estimate of drug-likeness (QED) is 0.513. The molecule has 0 spiro atoms. The van der Waals surface area contributed by atoms with Crippen molar-refractivity contribution >= 4 is 18.0 Å². The summed E-state index contributed by atoms with van der Waals surface area (Å²) in [5.41, 5.74) is 5.64. The predicted molar refractivity (Wildman–Crippen MR) is 134 cm³/mol. The van der Waals surface area contributed by atoms with Gasteiger partial charge in [0.05, 0.1) is 32.5 Å². The second-order valence-electron chi connectivity index (χ2n) is 8.27. The van der Waals surface area contributed by atoms with Gasteiger partial charge in [-0.15, -0.1) is 0 Å². The third-order valence-electron chi connectivity index (χ3n) is 5.79. The van der Waals surface area contributed by atoms with Gasteiger partial charge in [-0.05, 0) is 58.9 Å². The molecule has 0 saturated carbocycles. The Labute approximate surface area is 201 Å². The van der Waals surface area contributed by atoms with E-state index in [-0.39, 0.29) is 17.1 Å². The summed E-state index contributed by atoms with van der Waals surface area (Å²) in [6.45, 7) is 6.16. The number of carbonyl (C=O) groups excluding carboxylic acids is 2. The number of hydrogen-bond acceptors (Lipinski definition) is 5. The van der Waals surface area contributed by atoms with Crippen LogP contribution in [0.3, 0.4) is 0 Å². The zero-order chi connectivity index (χ0) is 24.8. The molecule has 0 atom stereocenters. The molecule has 3 rings (SSSR count). The molecule has 2 aliphatic carbocycles. The van der Waals surface area contributed by atoms with Gasteiger partial charge in [-0.3, -0.25) is 0 Å². The van der Waals surface area contributed by atoms with Gasteiger partial charge in [0.25, 0.3) is 0 Å². The molecule has 0 aromatic heterocycles. The minimum absolute atomic E-state index is 0.156. The summed E-state index contributed by atoms with van der Waals surface area (Å²) in [4.78, 5) is 25.7. The number of fused-ring (bicyclic) bond motifs is 1. The van der Waals surface area contributed by atoms with E-state index in [9.17, 15) is 9.59 Å². The lowest BCUT2D eigenvalue weighted by atomic mass is 9.86. The Kier molecular flexibility index (Phi) is 7.90. The van der Waals surface area contributed by atoms with Gasteiger partial charge in [-0.25, -0.2) is 9.59 Å². The summed E-state index contributed by atoms with van der Waals surface area (Å²) in [5.74, 6) is -0.144. The van der Waals surface area contributed by atoms with E-state index < -0.39 is 11.9 Å². The summed E-state index contributed by atoms with van der Waals surface area (Å²) in [5, 5.41) is 0. The van der Waals surface area contributed by atoms with E-state index >= 15 is 0 Å². The Balaban J connectivity index is 2.26.